The number of hydrogen-bond donors (Lipinski definition) is 1. The van der Waals surface area contributed by atoms with Crippen molar-refractivity contribution in [1.82, 2.24) is 19.7 Å². The van der Waals surface area contributed by atoms with Gasteiger partial charge in [-0.15, -0.1) is 0 Å². The summed E-state index contributed by atoms with van der Waals surface area (Å²) in [4.78, 5) is 8.37. The molecule has 0 saturated carbocycles. The molecule has 1 aromatic carbocycles. The van der Waals surface area contributed by atoms with E-state index in [2.05, 4.69) is 20.4 Å². The van der Waals surface area contributed by atoms with Gasteiger partial charge in [-0.3, -0.25) is 4.68 Å². The Hall–Kier alpha value is -3.51. The van der Waals surface area contributed by atoms with Crippen LogP contribution >= 0.6 is 0 Å². The lowest BCUT2D eigenvalue weighted by molar-refractivity contribution is -0.163. The van der Waals surface area contributed by atoms with Crippen molar-refractivity contribution in [2.75, 3.05) is 32.8 Å². The highest BCUT2D eigenvalue weighted by atomic mass is 19.1. The molecule has 10 nitrogen and oxygen atoms in total. The standard InChI is InChI=1S/C24H29F2N5O5/c1-15-10-20(30-31(15)7-9-35-21-6-4-5-8-34-21)29-24-27-12-16(13-28-24)36-14-17-22(25)18(32-2)11-19(33-3)23(17)26/h10-13,21H,4-9,14H2,1-3H3,(H,27,28,29,30). The summed E-state index contributed by atoms with van der Waals surface area (Å²) >= 11 is 0. The number of halogens is 2. The van der Waals surface area contributed by atoms with E-state index in [0.717, 1.165) is 37.6 Å². The second kappa shape index (κ2) is 12.0. The second-order valence-electron chi connectivity index (χ2n) is 8.10. The number of methoxy groups -OCH3 is 2. The molecule has 3 aromatic rings. The van der Waals surface area contributed by atoms with Crippen molar-refractivity contribution >= 4 is 11.8 Å². The fourth-order valence-corrected chi connectivity index (χ4v) is 3.70. The molecule has 36 heavy (non-hydrogen) atoms. The van der Waals surface area contributed by atoms with Gasteiger partial charge in [-0.05, 0) is 26.2 Å². The third kappa shape index (κ3) is 6.18. The molecule has 3 heterocycles. The average Bonchev–Trinajstić information content (AvgIpc) is 3.24. The Bertz CT molecular complexity index is 1120. The minimum atomic E-state index is -0.863. The SMILES string of the molecule is COc1cc(OC)c(F)c(COc2cnc(Nc3cc(C)n(CCOC4CCCCO4)n3)nc2)c1F. The number of benzene rings is 1. The number of nitrogens with one attached hydrogen (secondary N) is 1. The molecule has 1 atom stereocenters. The molecule has 1 aliphatic heterocycles. The number of aryl methyl sites for hydroxylation is 1. The van der Waals surface area contributed by atoms with Crippen LogP contribution in [0.4, 0.5) is 20.5 Å². The lowest BCUT2D eigenvalue weighted by Gasteiger charge is -2.22. The molecule has 0 amide bonds. The van der Waals surface area contributed by atoms with E-state index in [9.17, 15) is 8.78 Å². The fraction of sp³-hybridized carbons (Fsp3) is 0.458. The van der Waals surface area contributed by atoms with Crippen molar-refractivity contribution in [3.63, 3.8) is 0 Å². The third-order valence-electron chi connectivity index (χ3n) is 5.64. The zero-order valence-electron chi connectivity index (χ0n) is 20.4. The molecule has 12 heteroatoms. The summed E-state index contributed by atoms with van der Waals surface area (Å²) in [6.07, 6.45) is 5.76. The van der Waals surface area contributed by atoms with E-state index in [0.29, 0.717) is 24.9 Å². The lowest BCUT2D eigenvalue weighted by atomic mass is 10.1. The second-order valence-corrected chi connectivity index (χ2v) is 8.10. The molecule has 1 fully saturated rings. The summed E-state index contributed by atoms with van der Waals surface area (Å²) < 4.78 is 57.5. The number of aromatic nitrogens is 4. The first-order valence-corrected chi connectivity index (χ1v) is 11.6. The lowest BCUT2D eigenvalue weighted by Crippen LogP contribution is -2.24. The van der Waals surface area contributed by atoms with E-state index >= 15 is 0 Å². The first kappa shape index (κ1) is 25.6. The Morgan fingerprint density at radius 3 is 2.44 bits per heavy atom. The maximum atomic E-state index is 14.5. The van der Waals surface area contributed by atoms with Gasteiger partial charge in [-0.25, -0.2) is 18.7 Å². The van der Waals surface area contributed by atoms with Crippen molar-refractivity contribution in [3.8, 4) is 17.2 Å². The Labute approximate surface area is 207 Å². The van der Waals surface area contributed by atoms with Gasteiger partial charge in [0.1, 0.15) is 6.61 Å². The zero-order chi connectivity index (χ0) is 25.5. The van der Waals surface area contributed by atoms with Crippen LogP contribution in [-0.4, -0.2) is 53.5 Å². The molecular weight excluding hydrogens is 476 g/mol. The summed E-state index contributed by atoms with van der Waals surface area (Å²) in [7, 11) is 2.57. The predicted octanol–water partition coefficient (Wildman–Crippen LogP) is 4.14. The first-order valence-electron chi connectivity index (χ1n) is 11.6. The van der Waals surface area contributed by atoms with E-state index in [1.54, 1.807) is 0 Å². The first-order chi connectivity index (χ1) is 17.5. The Morgan fingerprint density at radius 2 is 1.81 bits per heavy atom. The number of rotatable bonds is 11. The van der Waals surface area contributed by atoms with E-state index < -0.39 is 18.2 Å². The Kier molecular flexibility index (Phi) is 8.49. The van der Waals surface area contributed by atoms with Crippen molar-refractivity contribution in [3.05, 3.63) is 47.4 Å². The van der Waals surface area contributed by atoms with Crippen LogP contribution in [0.1, 0.15) is 30.5 Å². The normalized spacial score (nSPS) is 15.5. The number of nitrogens with zero attached hydrogens (tertiary/aromatic N) is 4. The van der Waals surface area contributed by atoms with Gasteiger partial charge in [-0.1, -0.05) is 0 Å². The van der Waals surface area contributed by atoms with Gasteiger partial charge in [0.25, 0.3) is 0 Å². The van der Waals surface area contributed by atoms with Gasteiger partial charge in [0.15, 0.2) is 41.0 Å². The monoisotopic (exact) mass is 505 g/mol. The van der Waals surface area contributed by atoms with E-state index in [4.69, 9.17) is 23.7 Å². The minimum Gasteiger partial charge on any atom is -0.494 e. The van der Waals surface area contributed by atoms with Crippen molar-refractivity contribution in [2.24, 2.45) is 0 Å². The van der Waals surface area contributed by atoms with Crippen LogP contribution < -0.4 is 19.5 Å². The smallest absolute Gasteiger partial charge is 0.228 e. The average molecular weight is 506 g/mol. The van der Waals surface area contributed by atoms with Crippen LogP contribution in [0.5, 0.6) is 17.2 Å². The topological polar surface area (TPSA) is 102 Å². The molecule has 4 rings (SSSR count). The largest absolute Gasteiger partial charge is 0.494 e. The molecule has 1 saturated heterocycles. The van der Waals surface area contributed by atoms with Crippen LogP contribution in [0.15, 0.2) is 24.5 Å². The van der Waals surface area contributed by atoms with Gasteiger partial charge in [0.05, 0.1) is 45.3 Å². The molecule has 194 valence electrons. The molecule has 1 unspecified atom stereocenters. The summed E-state index contributed by atoms with van der Waals surface area (Å²) in [6, 6.07) is 3.01. The molecule has 0 aliphatic carbocycles. The maximum Gasteiger partial charge on any atom is 0.228 e. The Morgan fingerprint density at radius 1 is 1.08 bits per heavy atom. The van der Waals surface area contributed by atoms with Crippen molar-refractivity contribution in [2.45, 2.75) is 45.6 Å². The summed E-state index contributed by atoms with van der Waals surface area (Å²) in [5, 5.41) is 7.53. The molecule has 0 bridgehead atoms. The molecule has 2 aromatic heterocycles. The molecule has 0 spiro atoms. The third-order valence-corrected chi connectivity index (χ3v) is 5.64. The van der Waals surface area contributed by atoms with Crippen LogP contribution in [0.25, 0.3) is 0 Å². The van der Waals surface area contributed by atoms with Gasteiger partial charge < -0.3 is 29.0 Å². The summed E-state index contributed by atoms with van der Waals surface area (Å²) in [5.41, 5.74) is 0.622. The van der Waals surface area contributed by atoms with E-state index in [-0.39, 0.29) is 29.1 Å². The number of anilines is 2. The van der Waals surface area contributed by atoms with Crippen molar-refractivity contribution < 1.29 is 32.5 Å². The van der Waals surface area contributed by atoms with Crippen LogP contribution in [-0.2, 0) is 22.6 Å². The highest BCUT2D eigenvalue weighted by Crippen LogP contribution is 2.32. The predicted molar refractivity (Wildman–Crippen MR) is 126 cm³/mol. The van der Waals surface area contributed by atoms with Crippen LogP contribution in [0, 0.1) is 18.6 Å². The minimum absolute atomic E-state index is 0.139. The number of ether oxygens (including phenoxy) is 5. The van der Waals surface area contributed by atoms with Crippen LogP contribution in [0.2, 0.25) is 0 Å². The fourth-order valence-electron chi connectivity index (χ4n) is 3.70. The summed E-state index contributed by atoms with van der Waals surface area (Å²) in [5.74, 6) is -0.931. The van der Waals surface area contributed by atoms with Gasteiger partial charge >= 0.3 is 0 Å². The van der Waals surface area contributed by atoms with E-state index in [1.807, 2.05) is 17.7 Å². The number of hydrogen-bond acceptors (Lipinski definition) is 9. The molecule has 0 radical (unpaired) electrons. The molecule has 1 N–H and O–H groups in total. The van der Waals surface area contributed by atoms with Gasteiger partial charge in [0, 0.05) is 24.4 Å². The highest BCUT2D eigenvalue weighted by Gasteiger charge is 2.21. The Balaban J connectivity index is 1.32. The quantitative estimate of drug-likeness (QED) is 0.412. The maximum absolute atomic E-state index is 14.5. The van der Waals surface area contributed by atoms with Gasteiger partial charge in [-0.2, -0.15) is 5.10 Å². The molecular formula is C24H29F2N5O5. The van der Waals surface area contributed by atoms with E-state index in [1.165, 1.54) is 26.6 Å². The molecule has 1 aliphatic rings. The van der Waals surface area contributed by atoms with Gasteiger partial charge in [0.2, 0.25) is 5.95 Å². The summed E-state index contributed by atoms with van der Waals surface area (Å²) in [6.45, 7) is 3.36. The van der Waals surface area contributed by atoms with Crippen molar-refractivity contribution in [1.29, 1.82) is 0 Å². The zero-order valence-corrected chi connectivity index (χ0v) is 20.4. The van der Waals surface area contributed by atoms with Crippen LogP contribution in [0.3, 0.4) is 0 Å². The highest BCUT2D eigenvalue weighted by molar-refractivity contribution is 5.48.